The maximum absolute atomic E-state index is 6.15. The molecule has 0 aliphatic carbocycles. The fourth-order valence-corrected chi connectivity index (χ4v) is 2.00. The summed E-state index contributed by atoms with van der Waals surface area (Å²) < 4.78 is 2.15. The lowest BCUT2D eigenvalue weighted by atomic mass is 10.00. The molecule has 2 rings (SSSR count). The lowest BCUT2D eigenvalue weighted by molar-refractivity contribution is 0.513. The smallest absolute Gasteiger partial charge is 0.0645 e. The number of rotatable bonds is 4. The van der Waals surface area contributed by atoms with E-state index in [0.717, 1.165) is 12.2 Å². The molecular weight excluding hydrogens is 222 g/mol. The Morgan fingerprint density at radius 1 is 1.33 bits per heavy atom. The molecule has 0 fully saturated rings. The predicted molar refractivity (Wildman–Crippen MR) is 74.3 cm³/mol. The second-order valence-electron chi connectivity index (χ2n) is 5.15. The van der Waals surface area contributed by atoms with Gasteiger partial charge in [0.25, 0.3) is 0 Å². The van der Waals surface area contributed by atoms with E-state index < -0.39 is 0 Å². The fraction of sp³-hybridized carbons (Fsp3) is 0.400. The van der Waals surface area contributed by atoms with Crippen LogP contribution >= 0.6 is 0 Å². The second-order valence-corrected chi connectivity index (χ2v) is 5.15. The highest BCUT2D eigenvalue weighted by Gasteiger charge is 2.11. The van der Waals surface area contributed by atoms with Crippen LogP contribution in [0.1, 0.15) is 36.7 Å². The molecule has 1 atom stereocenters. The number of nitrogens with two attached hydrogens (primary N) is 1. The Balaban J connectivity index is 2.14. The molecule has 3 nitrogen and oxygen atoms in total. The van der Waals surface area contributed by atoms with Crippen molar-refractivity contribution in [3.05, 3.63) is 53.6 Å². The number of aromatic nitrogens is 2. The minimum atomic E-state index is 0.107. The van der Waals surface area contributed by atoms with Crippen molar-refractivity contribution in [1.82, 2.24) is 9.55 Å². The Labute approximate surface area is 109 Å². The van der Waals surface area contributed by atoms with Crippen LogP contribution in [-0.4, -0.2) is 9.55 Å². The zero-order valence-electron chi connectivity index (χ0n) is 11.3. The van der Waals surface area contributed by atoms with Crippen molar-refractivity contribution >= 4 is 0 Å². The summed E-state index contributed by atoms with van der Waals surface area (Å²) in [5, 5.41) is 0. The summed E-state index contributed by atoms with van der Waals surface area (Å²) in [7, 11) is 0. The van der Waals surface area contributed by atoms with Gasteiger partial charge in [-0.3, -0.25) is 4.98 Å². The van der Waals surface area contributed by atoms with Gasteiger partial charge in [-0.05, 0) is 36.1 Å². The molecule has 2 N–H and O–H groups in total. The average molecular weight is 243 g/mol. The van der Waals surface area contributed by atoms with E-state index in [1.165, 1.54) is 11.1 Å². The van der Waals surface area contributed by atoms with Crippen LogP contribution in [0.2, 0.25) is 0 Å². The van der Waals surface area contributed by atoms with Gasteiger partial charge in [-0.15, -0.1) is 0 Å². The van der Waals surface area contributed by atoms with E-state index in [4.69, 9.17) is 5.73 Å². The maximum atomic E-state index is 6.15. The highest BCUT2D eigenvalue weighted by molar-refractivity contribution is 5.20. The first-order valence-electron chi connectivity index (χ1n) is 6.39. The van der Waals surface area contributed by atoms with Gasteiger partial charge in [0.2, 0.25) is 0 Å². The fourth-order valence-electron chi connectivity index (χ4n) is 2.00. The van der Waals surface area contributed by atoms with Gasteiger partial charge in [0, 0.05) is 24.6 Å². The SMILES string of the molecule is Cc1cccnc1Cn1ccc(C(N)C(C)C)c1. The largest absolute Gasteiger partial charge is 0.348 e. The van der Waals surface area contributed by atoms with Crippen LogP contribution < -0.4 is 5.73 Å². The van der Waals surface area contributed by atoms with Crippen LogP contribution in [0.15, 0.2) is 36.8 Å². The van der Waals surface area contributed by atoms with E-state index in [-0.39, 0.29) is 6.04 Å². The van der Waals surface area contributed by atoms with Crippen molar-refractivity contribution in [2.24, 2.45) is 11.7 Å². The molecular formula is C15H21N3. The summed E-state index contributed by atoms with van der Waals surface area (Å²) >= 11 is 0. The van der Waals surface area contributed by atoms with Gasteiger partial charge in [-0.25, -0.2) is 0 Å². The van der Waals surface area contributed by atoms with Crippen molar-refractivity contribution in [2.75, 3.05) is 0 Å². The molecule has 0 aliphatic heterocycles. The average Bonchev–Trinajstić information content (AvgIpc) is 2.79. The molecule has 0 spiro atoms. The van der Waals surface area contributed by atoms with Gasteiger partial charge < -0.3 is 10.3 Å². The van der Waals surface area contributed by atoms with E-state index in [1.807, 2.05) is 12.3 Å². The van der Waals surface area contributed by atoms with E-state index in [0.29, 0.717) is 5.92 Å². The van der Waals surface area contributed by atoms with Gasteiger partial charge in [0.15, 0.2) is 0 Å². The second kappa shape index (κ2) is 5.36. The maximum Gasteiger partial charge on any atom is 0.0645 e. The summed E-state index contributed by atoms with van der Waals surface area (Å²) in [5.41, 5.74) is 9.67. The third-order valence-electron chi connectivity index (χ3n) is 3.33. The van der Waals surface area contributed by atoms with E-state index >= 15 is 0 Å². The minimum absolute atomic E-state index is 0.107. The van der Waals surface area contributed by atoms with Crippen LogP contribution in [0.3, 0.4) is 0 Å². The molecule has 2 aromatic rings. The zero-order valence-corrected chi connectivity index (χ0v) is 11.3. The summed E-state index contributed by atoms with van der Waals surface area (Å²) in [5.74, 6) is 0.456. The number of nitrogens with zero attached hydrogens (tertiary/aromatic N) is 2. The van der Waals surface area contributed by atoms with Crippen molar-refractivity contribution in [1.29, 1.82) is 0 Å². The quantitative estimate of drug-likeness (QED) is 0.897. The summed E-state index contributed by atoms with van der Waals surface area (Å²) in [6, 6.07) is 6.26. The Morgan fingerprint density at radius 2 is 2.11 bits per heavy atom. The third-order valence-corrected chi connectivity index (χ3v) is 3.33. The zero-order chi connectivity index (χ0) is 13.1. The Hall–Kier alpha value is -1.61. The number of aryl methyl sites for hydroxylation is 1. The number of pyridine rings is 1. The van der Waals surface area contributed by atoms with Gasteiger partial charge >= 0.3 is 0 Å². The molecule has 0 radical (unpaired) electrons. The van der Waals surface area contributed by atoms with Gasteiger partial charge in [0.1, 0.15) is 0 Å². The summed E-state index contributed by atoms with van der Waals surface area (Å²) in [6.07, 6.45) is 6.04. The molecule has 0 saturated carbocycles. The topological polar surface area (TPSA) is 43.8 Å². The van der Waals surface area contributed by atoms with Gasteiger partial charge in [0.05, 0.1) is 12.2 Å². The van der Waals surface area contributed by atoms with Crippen LogP contribution in [0, 0.1) is 12.8 Å². The molecule has 2 heterocycles. The molecule has 96 valence electrons. The lowest BCUT2D eigenvalue weighted by Gasteiger charge is -2.13. The molecule has 2 aromatic heterocycles. The van der Waals surface area contributed by atoms with Crippen molar-refractivity contribution in [3.8, 4) is 0 Å². The molecule has 0 bridgehead atoms. The molecule has 0 saturated heterocycles. The van der Waals surface area contributed by atoms with Crippen molar-refractivity contribution < 1.29 is 0 Å². The predicted octanol–water partition coefficient (Wildman–Crippen LogP) is 2.90. The normalized spacial score (nSPS) is 12.9. The van der Waals surface area contributed by atoms with Crippen molar-refractivity contribution in [3.63, 3.8) is 0 Å². The monoisotopic (exact) mass is 243 g/mol. The Morgan fingerprint density at radius 3 is 2.78 bits per heavy atom. The standard InChI is InChI=1S/C15H21N3/c1-11(2)15(16)13-6-8-18(9-13)10-14-12(3)5-4-7-17-14/h4-9,11,15H,10,16H2,1-3H3. The first-order chi connectivity index (χ1) is 8.58. The first kappa shape index (κ1) is 12.8. The molecule has 0 amide bonds. The van der Waals surface area contributed by atoms with Gasteiger partial charge in [-0.1, -0.05) is 19.9 Å². The lowest BCUT2D eigenvalue weighted by Crippen LogP contribution is -2.16. The molecule has 0 aromatic carbocycles. The van der Waals surface area contributed by atoms with Crippen LogP contribution in [-0.2, 0) is 6.54 Å². The van der Waals surface area contributed by atoms with Crippen LogP contribution in [0.25, 0.3) is 0 Å². The Bertz CT molecular complexity index is 514. The van der Waals surface area contributed by atoms with Gasteiger partial charge in [-0.2, -0.15) is 0 Å². The van der Waals surface area contributed by atoms with E-state index in [9.17, 15) is 0 Å². The molecule has 3 heteroatoms. The summed E-state index contributed by atoms with van der Waals surface area (Å²) in [4.78, 5) is 4.41. The highest BCUT2D eigenvalue weighted by atomic mass is 15.0. The number of hydrogen-bond acceptors (Lipinski definition) is 2. The Kier molecular flexibility index (Phi) is 3.82. The molecule has 0 aliphatic rings. The molecule has 1 unspecified atom stereocenters. The highest BCUT2D eigenvalue weighted by Crippen LogP contribution is 2.19. The molecule has 18 heavy (non-hydrogen) atoms. The number of hydrogen-bond donors (Lipinski definition) is 1. The summed E-state index contributed by atoms with van der Waals surface area (Å²) in [6.45, 7) is 7.18. The first-order valence-corrected chi connectivity index (χ1v) is 6.39. The van der Waals surface area contributed by atoms with E-state index in [1.54, 1.807) is 0 Å². The van der Waals surface area contributed by atoms with Crippen LogP contribution in [0.4, 0.5) is 0 Å². The minimum Gasteiger partial charge on any atom is -0.348 e. The third kappa shape index (κ3) is 2.79. The van der Waals surface area contributed by atoms with E-state index in [2.05, 4.69) is 54.8 Å². The van der Waals surface area contributed by atoms with Crippen LogP contribution in [0.5, 0.6) is 0 Å². The van der Waals surface area contributed by atoms with Crippen molar-refractivity contribution in [2.45, 2.75) is 33.4 Å².